The van der Waals surface area contributed by atoms with E-state index >= 15 is 0 Å². The molecule has 1 saturated heterocycles. The summed E-state index contributed by atoms with van der Waals surface area (Å²) in [5.74, 6) is -1.71. The summed E-state index contributed by atoms with van der Waals surface area (Å²) in [6, 6.07) is 4.02. The lowest BCUT2D eigenvalue weighted by Crippen LogP contribution is -2.42. The smallest absolute Gasteiger partial charge is 0.337 e. The van der Waals surface area contributed by atoms with Crippen LogP contribution in [0.25, 0.3) is 0 Å². The quantitative estimate of drug-likeness (QED) is 0.869. The molecule has 2 N–H and O–H groups in total. The molecule has 1 aromatic carbocycles. The van der Waals surface area contributed by atoms with E-state index < -0.39 is 17.3 Å². The number of hydrogen-bond donors (Lipinski definition) is 2. The van der Waals surface area contributed by atoms with E-state index in [0.29, 0.717) is 13.0 Å². The van der Waals surface area contributed by atoms with Gasteiger partial charge in [-0.25, -0.2) is 9.18 Å². The Labute approximate surface area is 105 Å². The first-order valence-electron chi connectivity index (χ1n) is 5.85. The topological polar surface area (TPSA) is 58.6 Å². The molecule has 1 fully saturated rings. The van der Waals surface area contributed by atoms with Gasteiger partial charge in [0.05, 0.1) is 22.9 Å². The molecular formula is C13H16FNO3. The lowest BCUT2D eigenvalue weighted by molar-refractivity contribution is 0.0696. The summed E-state index contributed by atoms with van der Waals surface area (Å²) in [7, 11) is 0. The van der Waals surface area contributed by atoms with Crippen molar-refractivity contribution < 1.29 is 19.0 Å². The van der Waals surface area contributed by atoms with Crippen molar-refractivity contribution in [3.05, 3.63) is 29.6 Å². The van der Waals surface area contributed by atoms with Gasteiger partial charge in [0.25, 0.3) is 0 Å². The van der Waals surface area contributed by atoms with E-state index in [1.54, 1.807) is 0 Å². The van der Waals surface area contributed by atoms with Crippen molar-refractivity contribution in [2.75, 3.05) is 11.9 Å². The zero-order valence-electron chi connectivity index (χ0n) is 10.4. The van der Waals surface area contributed by atoms with Crippen molar-refractivity contribution in [3.63, 3.8) is 0 Å². The molecule has 0 aromatic heterocycles. The first-order valence-corrected chi connectivity index (χ1v) is 5.85. The monoisotopic (exact) mass is 253 g/mol. The predicted molar refractivity (Wildman–Crippen MR) is 65.4 cm³/mol. The fourth-order valence-corrected chi connectivity index (χ4v) is 2.11. The maximum absolute atomic E-state index is 13.8. The average Bonchev–Trinajstić information content (AvgIpc) is 2.62. The summed E-state index contributed by atoms with van der Waals surface area (Å²) in [6.07, 6.45) is 0.612. The second kappa shape index (κ2) is 4.57. The number of rotatable bonds is 3. The Kier molecular flexibility index (Phi) is 3.26. The molecule has 0 aliphatic carbocycles. The summed E-state index contributed by atoms with van der Waals surface area (Å²) in [6.45, 7) is 4.38. The maximum atomic E-state index is 13.8. The highest BCUT2D eigenvalue weighted by Gasteiger charge is 2.38. The van der Waals surface area contributed by atoms with Crippen molar-refractivity contribution in [1.29, 1.82) is 0 Å². The summed E-state index contributed by atoms with van der Waals surface area (Å²) in [5.41, 5.74) is -0.480. The highest BCUT2D eigenvalue weighted by atomic mass is 19.1. The fourth-order valence-electron chi connectivity index (χ4n) is 2.11. The van der Waals surface area contributed by atoms with E-state index in [1.165, 1.54) is 18.2 Å². The molecule has 2 rings (SSSR count). The van der Waals surface area contributed by atoms with Crippen molar-refractivity contribution in [2.45, 2.75) is 31.9 Å². The van der Waals surface area contributed by atoms with Gasteiger partial charge in [-0.3, -0.25) is 0 Å². The van der Waals surface area contributed by atoms with Crippen LogP contribution in [0.5, 0.6) is 0 Å². The van der Waals surface area contributed by atoms with Gasteiger partial charge < -0.3 is 15.2 Å². The molecule has 18 heavy (non-hydrogen) atoms. The van der Waals surface area contributed by atoms with Crippen LogP contribution in [0.1, 0.15) is 30.6 Å². The van der Waals surface area contributed by atoms with Gasteiger partial charge >= 0.3 is 5.97 Å². The summed E-state index contributed by atoms with van der Waals surface area (Å²) in [4.78, 5) is 11.1. The standard InChI is InChI=1S/C13H16FNO3/c1-8-13(2,6-7-18-8)15-11-9(12(16)17)4-3-5-10(11)14/h3-5,8,15H,6-7H2,1-2H3,(H,16,17). The van der Waals surface area contributed by atoms with Crippen LogP contribution in [0.15, 0.2) is 18.2 Å². The largest absolute Gasteiger partial charge is 0.478 e. The number of ether oxygens (including phenoxy) is 1. The van der Waals surface area contributed by atoms with Crippen LogP contribution in [-0.4, -0.2) is 29.3 Å². The van der Waals surface area contributed by atoms with Gasteiger partial charge in [-0.2, -0.15) is 0 Å². The molecule has 98 valence electrons. The van der Waals surface area contributed by atoms with Gasteiger partial charge in [-0.15, -0.1) is 0 Å². The Bertz CT molecular complexity index is 477. The minimum absolute atomic E-state index is 0.0323. The van der Waals surface area contributed by atoms with Gasteiger partial charge in [0.2, 0.25) is 0 Å². The van der Waals surface area contributed by atoms with Gasteiger partial charge in [0.1, 0.15) is 5.82 Å². The molecule has 4 nitrogen and oxygen atoms in total. The average molecular weight is 253 g/mol. The van der Waals surface area contributed by atoms with Crippen LogP contribution in [-0.2, 0) is 4.74 Å². The molecule has 1 heterocycles. The number of halogens is 1. The number of para-hydroxylation sites is 1. The second-order valence-electron chi connectivity index (χ2n) is 4.77. The van der Waals surface area contributed by atoms with E-state index in [1.807, 2.05) is 13.8 Å². The highest BCUT2D eigenvalue weighted by molar-refractivity contribution is 5.94. The third-order valence-electron chi connectivity index (χ3n) is 3.54. The van der Waals surface area contributed by atoms with E-state index in [0.717, 1.165) is 0 Å². The molecule has 0 spiro atoms. The zero-order chi connectivity index (χ0) is 13.3. The SMILES string of the molecule is CC1OCCC1(C)Nc1c(F)cccc1C(=O)O. The van der Waals surface area contributed by atoms with Crippen LogP contribution < -0.4 is 5.32 Å². The minimum Gasteiger partial charge on any atom is -0.478 e. The first-order chi connectivity index (χ1) is 8.44. The second-order valence-corrected chi connectivity index (χ2v) is 4.77. The molecule has 2 atom stereocenters. The summed E-state index contributed by atoms with van der Waals surface area (Å²) < 4.78 is 19.2. The van der Waals surface area contributed by atoms with Crippen molar-refractivity contribution in [1.82, 2.24) is 0 Å². The number of carbonyl (C=O) groups is 1. The van der Waals surface area contributed by atoms with Crippen molar-refractivity contribution >= 4 is 11.7 Å². The van der Waals surface area contributed by atoms with Crippen LogP contribution >= 0.6 is 0 Å². The molecule has 1 aliphatic heterocycles. The maximum Gasteiger partial charge on any atom is 0.337 e. The van der Waals surface area contributed by atoms with Gasteiger partial charge in [0.15, 0.2) is 0 Å². The van der Waals surface area contributed by atoms with E-state index in [9.17, 15) is 9.18 Å². The summed E-state index contributed by atoms with van der Waals surface area (Å²) >= 11 is 0. The first kappa shape index (κ1) is 12.8. The molecule has 5 heteroatoms. The van der Waals surface area contributed by atoms with Crippen LogP contribution in [0.2, 0.25) is 0 Å². The van der Waals surface area contributed by atoms with Gasteiger partial charge in [-0.1, -0.05) is 6.07 Å². The number of carboxylic acids is 1. The number of benzene rings is 1. The molecule has 1 aromatic rings. The van der Waals surface area contributed by atoms with Crippen molar-refractivity contribution in [3.8, 4) is 0 Å². The molecule has 2 unspecified atom stereocenters. The number of hydrogen-bond acceptors (Lipinski definition) is 3. The Morgan fingerprint density at radius 3 is 2.89 bits per heavy atom. The Hall–Kier alpha value is -1.62. The normalized spacial score (nSPS) is 27.2. The van der Waals surface area contributed by atoms with E-state index in [2.05, 4.69) is 5.32 Å². The molecule has 1 aliphatic rings. The number of anilines is 1. The van der Waals surface area contributed by atoms with Crippen LogP contribution in [0.4, 0.5) is 10.1 Å². The number of nitrogens with one attached hydrogen (secondary N) is 1. The third kappa shape index (κ3) is 2.18. The van der Waals surface area contributed by atoms with Crippen molar-refractivity contribution in [2.24, 2.45) is 0 Å². The molecule has 0 saturated carbocycles. The Morgan fingerprint density at radius 2 is 2.33 bits per heavy atom. The van der Waals surface area contributed by atoms with E-state index in [4.69, 9.17) is 9.84 Å². The molecule has 0 amide bonds. The highest BCUT2D eigenvalue weighted by Crippen LogP contribution is 2.32. The Morgan fingerprint density at radius 1 is 1.61 bits per heavy atom. The molecular weight excluding hydrogens is 237 g/mol. The van der Waals surface area contributed by atoms with Gasteiger partial charge in [0, 0.05) is 6.61 Å². The van der Waals surface area contributed by atoms with Gasteiger partial charge in [-0.05, 0) is 32.4 Å². The lowest BCUT2D eigenvalue weighted by atomic mass is 9.93. The molecule has 0 radical (unpaired) electrons. The number of carboxylic acid groups (broad SMARTS) is 1. The predicted octanol–water partition coefficient (Wildman–Crippen LogP) is 2.50. The van der Waals surface area contributed by atoms with Crippen LogP contribution in [0.3, 0.4) is 0 Å². The lowest BCUT2D eigenvalue weighted by Gasteiger charge is -2.30. The van der Waals surface area contributed by atoms with Crippen LogP contribution in [0, 0.1) is 5.82 Å². The van der Waals surface area contributed by atoms with E-state index in [-0.39, 0.29) is 17.4 Å². The fraction of sp³-hybridized carbons (Fsp3) is 0.462. The number of aromatic carboxylic acids is 1. The Balaban J connectivity index is 2.37. The molecule has 0 bridgehead atoms. The minimum atomic E-state index is -1.15. The zero-order valence-corrected chi connectivity index (χ0v) is 10.4. The third-order valence-corrected chi connectivity index (χ3v) is 3.54. The summed E-state index contributed by atoms with van der Waals surface area (Å²) in [5, 5.41) is 12.1.